The lowest BCUT2D eigenvalue weighted by Gasteiger charge is -2.25. The average molecular weight is 314 g/mol. The number of anilines is 2. The Morgan fingerprint density at radius 2 is 2.04 bits per heavy atom. The summed E-state index contributed by atoms with van der Waals surface area (Å²) in [5.74, 6) is 0.393. The van der Waals surface area contributed by atoms with Crippen LogP contribution in [-0.2, 0) is 0 Å². The van der Waals surface area contributed by atoms with Crippen molar-refractivity contribution in [2.24, 2.45) is 0 Å². The molecule has 6 nitrogen and oxygen atoms in total. The number of nitrogens with one attached hydrogen (secondary N) is 2. The van der Waals surface area contributed by atoms with Crippen LogP contribution in [0.5, 0.6) is 0 Å². The highest BCUT2D eigenvalue weighted by molar-refractivity contribution is 5.95. The molecule has 23 heavy (non-hydrogen) atoms. The van der Waals surface area contributed by atoms with Crippen LogP contribution in [0.1, 0.15) is 37.0 Å². The molecule has 3 N–H and O–H groups in total. The van der Waals surface area contributed by atoms with Crippen LogP contribution in [0.3, 0.4) is 0 Å². The molecule has 6 heteroatoms. The van der Waals surface area contributed by atoms with Crippen molar-refractivity contribution in [3.05, 3.63) is 48.4 Å². The van der Waals surface area contributed by atoms with Crippen LogP contribution in [0, 0.1) is 0 Å². The largest absolute Gasteiger partial charge is 0.388 e. The average Bonchev–Trinajstić information content (AvgIpc) is 2.60. The number of amides is 1. The second kappa shape index (κ2) is 7.69. The fourth-order valence-electron chi connectivity index (χ4n) is 2.10. The van der Waals surface area contributed by atoms with Crippen molar-refractivity contribution in [2.45, 2.75) is 32.3 Å². The Balaban J connectivity index is 2.03. The van der Waals surface area contributed by atoms with Crippen LogP contribution in [0.2, 0.25) is 0 Å². The number of rotatable bonds is 7. The highest BCUT2D eigenvalue weighted by atomic mass is 16.3. The topological polar surface area (TPSA) is 87.1 Å². The Labute approximate surface area is 136 Å². The van der Waals surface area contributed by atoms with Crippen LogP contribution >= 0.6 is 0 Å². The first-order valence-electron chi connectivity index (χ1n) is 7.70. The molecular weight excluding hydrogens is 292 g/mol. The fourth-order valence-corrected chi connectivity index (χ4v) is 2.10. The summed E-state index contributed by atoms with van der Waals surface area (Å²) in [6.45, 7) is 4.04. The second-order valence-electron chi connectivity index (χ2n) is 5.41. The molecule has 2 rings (SSSR count). The van der Waals surface area contributed by atoms with Gasteiger partial charge >= 0.3 is 0 Å². The van der Waals surface area contributed by atoms with Crippen LogP contribution in [0.25, 0.3) is 0 Å². The lowest BCUT2D eigenvalue weighted by Crippen LogP contribution is -2.42. The van der Waals surface area contributed by atoms with Gasteiger partial charge in [-0.1, -0.05) is 19.9 Å². The first kappa shape index (κ1) is 16.9. The van der Waals surface area contributed by atoms with E-state index in [0.29, 0.717) is 24.2 Å². The molecule has 0 unspecified atom stereocenters. The van der Waals surface area contributed by atoms with E-state index in [0.717, 1.165) is 5.69 Å². The third kappa shape index (κ3) is 4.75. The zero-order valence-electron chi connectivity index (χ0n) is 13.4. The predicted octanol–water partition coefficient (Wildman–Crippen LogP) is 2.50. The SMILES string of the molecule is CCC(O)(CC)CNC(=O)c1cccc(Nc2cnccn2)c1. The molecule has 1 aromatic heterocycles. The summed E-state index contributed by atoms with van der Waals surface area (Å²) >= 11 is 0. The van der Waals surface area contributed by atoms with E-state index in [1.807, 2.05) is 19.9 Å². The maximum Gasteiger partial charge on any atom is 0.251 e. The number of hydrogen-bond donors (Lipinski definition) is 3. The molecule has 0 aliphatic rings. The Hall–Kier alpha value is -2.47. The van der Waals surface area contributed by atoms with Gasteiger partial charge in [0.25, 0.3) is 5.91 Å². The van der Waals surface area contributed by atoms with Crippen LogP contribution in [0.15, 0.2) is 42.9 Å². The van der Waals surface area contributed by atoms with Gasteiger partial charge in [-0.05, 0) is 31.0 Å². The zero-order chi connectivity index (χ0) is 16.7. The van der Waals surface area contributed by atoms with E-state index >= 15 is 0 Å². The first-order chi connectivity index (χ1) is 11.1. The van der Waals surface area contributed by atoms with Gasteiger partial charge in [0, 0.05) is 30.2 Å². The molecule has 0 saturated heterocycles. The quantitative estimate of drug-likeness (QED) is 0.731. The maximum atomic E-state index is 12.2. The molecule has 0 atom stereocenters. The number of aliphatic hydroxyl groups is 1. The smallest absolute Gasteiger partial charge is 0.251 e. The highest BCUT2D eigenvalue weighted by Gasteiger charge is 2.23. The second-order valence-corrected chi connectivity index (χ2v) is 5.41. The first-order valence-corrected chi connectivity index (χ1v) is 7.70. The molecule has 0 aliphatic heterocycles. The van der Waals surface area contributed by atoms with Crippen LogP contribution in [0.4, 0.5) is 11.5 Å². The molecule has 0 spiro atoms. The minimum absolute atomic E-state index is 0.215. The fraction of sp³-hybridized carbons (Fsp3) is 0.353. The van der Waals surface area contributed by atoms with Gasteiger partial charge in [-0.3, -0.25) is 9.78 Å². The van der Waals surface area contributed by atoms with Crippen molar-refractivity contribution < 1.29 is 9.90 Å². The normalized spacial score (nSPS) is 11.1. The number of aromatic nitrogens is 2. The lowest BCUT2D eigenvalue weighted by molar-refractivity contribution is 0.0314. The minimum Gasteiger partial charge on any atom is -0.388 e. The maximum absolute atomic E-state index is 12.2. The molecule has 0 fully saturated rings. The monoisotopic (exact) mass is 314 g/mol. The number of hydrogen-bond acceptors (Lipinski definition) is 5. The molecule has 1 heterocycles. The third-order valence-electron chi connectivity index (χ3n) is 3.85. The summed E-state index contributed by atoms with van der Waals surface area (Å²) in [7, 11) is 0. The van der Waals surface area contributed by atoms with E-state index in [1.165, 1.54) is 0 Å². The van der Waals surface area contributed by atoms with Crippen molar-refractivity contribution in [3.8, 4) is 0 Å². The Morgan fingerprint density at radius 1 is 1.26 bits per heavy atom. The van der Waals surface area contributed by atoms with Gasteiger partial charge in [0.05, 0.1) is 11.8 Å². The van der Waals surface area contributed by atoms with Crippen molar-refractivity contribution in [2.75, 3.05) is 11.9 Å². The molecule has 0 aliphatic carbocycles. The zero-order valence-corrected chi connectivity index (χ0v) is 13.4. The summed E-state index contributed by atoms with van der Waals surface area (Å²) in [6, 6.07) is 7.11. The number of carbonyl (C=O) groups is 1. The highest BCUT2D eigenvalue weighted by Crippen LogP contribution is 2.16. The molecule has 122 valence electrons. The molecule has 0 saturated carbocycles. The van der Waals surface area contributed by atoms with Gasteiger partial charge in [0.15, 0.2) is 0 Å². The Bertz CT molecular complexity index is 642. The molecule has 2 aromatic rings. The summed E-state index contributed by atoms with van der Waals surface area (Å²) in [5, 5.41) is 16.1. The summed E-state index contributed by atoms with van der Waals surface area (Å²) in [5.41, 5.74) is 0.415. The molecule has 0 bridgehead atoms. The molecule has 1 amide bonds. The van der Waals surface area contributed by atoms with Crippen molar-refractivity contribution in [3.63, 3.8) is 0 Å². The van der Waals surface area contributed by atoms with Gasteiger partial charge in [0.1, 0.15) is 5.82 Å². The predicted molar refractivity (Wildman–Crippen MR) is 89.6 cm³/mol. The van der Waals surface area contributed by atoms with Crippen LogP contribution < -0.4 is 10.6 Å². The number of benzene rings is 1. The van der Waals surface area contributed by atoms with E-state index in [9.17, 15) is 9.90 Å². The van der Waals surface area contributed by atoms with E-state index in [4.69, 9.17) is 0 Å². The van der Waals surface area contributed by atoms with Gasteiger partial charge in [-0.15, -0.1) is 0 Å². The Kier molecular flexibility index (Phi) is 5.65. The van der Waals surface area contributed by atoms with E-state index in [1.54, 1.807) is 36.8 Å². The number of nitrogens with zero attached hydrogens (tertiary/aromatic N) is 2. The Morgan fingerprint density at radius 3 is 2.70 bits per heavy atom. The van der Waals surface area contributed by atoms with Crippen molar-refractivity contribution >= 4 is 17.4 Å². The number of carbonyl (C=O) groups excluding carboxylic acids is 1. The van der Waals surface area contributed by atoms with E-state index in [2.05, 4.69) is 20.6 Å². The van der Waals surface area contributed by atoms with Gasteiger partial charge < -0.3 is 15.7 Å². The minimum atomic E-state index is -0.856. The summed E-state index contributed by atoms with van der Waals surface area (Å²) < 4.78 is 0. The van der Waals surface area contributed by atoms with Gasteiger partial charge in [0.2, 0.25) is 0 Å². The van der Waals surface area contributed by atoms with Crippen molar-refractivity contribution in [1.29, 1.82) is 0 Å². The lowest BCUT2D eigenvalue weighted by atomic mass is 9.97. The van der Waals surface area contributed by atoms with Crippen molar-refractivity contribution in [1.82, 2.24) is 15.3 Å². The summed E-state index contributed by atoms with van der Waals surface area (Å²) in [6.07, 6.45) is 5.98. The third-order valence-corrected chi connectivity index (χ3v) is 3.85. The van der Waals surface area contributed by atoms with Gasteiger partial charge in [-0.25, -0.2) is 4.98 Å². The molecule has 0 radical (unpaired) electrons. The molecule has 1 aromatic carbocycles. The van der Waals surface area contributed by atoms with E-state index < -0.39 is 5.60 Å². The van der Waals surface area contributed by atoms with E-state index in [-0.39, 0.29) is 12.5 Å². The standard InChI is InChI=1S/C17H22N4O2/c1-3-17(23,4-2)12-20-16(22)13-6-5-7-14(10-13)21-15-11-18-8-9-19-15/h5-11,23H,3-4,12H2,1-2H3,(H,19,21)(H,20,22). The molecular formula is C17H22N4O2. The van der Waals surface area contributed by atoms with Gasteiger partial charge in [-0.2, -0.15) is 0 Å². The van der Waals surface area contributed by atoms with Crippen LogP contribution in [-0.4, -0.2) is 33.1 Å². The summed E-state index contributed by atoms with van der Waals surface area (Å²) in [4.78, 5) is 20.4.